The van der Waals surface area contributed by atoms with E-state index >= 15 is 0 Å². The minimum atomic E-state index is -1.15. The molecule has 2 fully saturated rings. The zero-order valence-corrected chi connectivity index (χ0v) is 16.8. The molecule has 4 rings (SSSR count). The van der Waals surface area contributed by atoms with E-state index in [9.17, 15) is 24.6 Å². The highest BCUT2D eigenvalue weighted by Gasteiger charge is 2.60. The lowest BCUT2D eigenvalue weighted by Gasteiger charge is -2.36. The summed E-state index contributed by atoms with van der Waals surface area (Å²) in [7, 11) is 0. The minimum Gasteiger partial charge on any atom is -0.481 e. The summed E-state index contributed by atoms with van der Waals surface area (Å²) in [5.74, 6) is -0.604. The fourth-order valence-electron chi connectivity index (χ4n) is 5.59. The van der Waals surface area contributed by atoms with Crippen molar-refractivity contribution in [2.45, 2.75) is 65.0 Å². The van der Waals surface area contributed by atoms with Crippen molar-refractivity contribution in [2.24, 2.45) is 17.3 Å². The van der Waals surface area contributed by atoms with Crippen molar-refractivity contribution in [3.05, 3.63) is 26.7 Å². The maximum Gasteiger partial charge on any atom is 0.332 e. The van der Waals surface area contributed by atoms with Crippen LogP contribution in [0.5, 0.6) is 0 Å². The Morgan fingerprint density at radius 3 is 2.48 bits per heavy atom. The molecule has 4 atom stereocenters. The summed E-state index contributed by atoms with van der Waals surface area (Å²) in [4.78, 5) is 45.5. The summed E-state index contributed by atoms with van der Waals surface area (Å²) < 4.78 is 2.78. The van der Waals surface area contributed by atoms with Crippen LogP contribution in [0.3, 0.4) is 0 Å². The first-order chi connectivity index (χ1) is 13.9. The molecule has 2 aliphatic carbocycles. The highest BCUT2D eigenvalue weighted by atomic mass is 16.4. The van der Waals surface area contributed by atoms with Crippen LogP contribution in [0.2, 0.25) is 0 Å². The lowest BCUT2D eigenvalue weighted by Crippen LogP contribution is -2.42. The number of hydrogen-bond acceptors (Lipinski definition) is 5. The molecule has 0 spiro atoms. The van der Waals surface area contributed by atoms with Crippen molar-refractivity contribution < 1.29 is 15.0 Å². The average Bonchev–Trinajstić information content (AvgIpc) is 3.40. The zero-order valence-electron chi connectivity index (χ0n) is 16.8. The van der Waals surface area contributed by atoms with Crippen molar-refractivity contribution in [2.75, 3.05) is 6.61 Å². The standard InChI is InChI=1S/C20H28N4O5/c1-3-5-23-16-14(17(26)24(6-4-2)19(23)29)21-15(22-16)12-7-11-8-13(12)20(9-11,10-25)18(27)28/h11-13,25H,3-10H2,1-2H3,(H,21,22)(H,27,28). The predicted molar refractivity (Wildman–Crippen MR) is 106 cm³/mol. The van der Waals surface area contributed by atoms with Crippen molar-refractivity contribution in [3.8, 4) is 0 Å². The number of carboxylic acid groups (broad SMARTS) is 1. The molecule has 0 radical (unpaired) electrons. The van der Waals surface area contributed by atoms with Crippen LogP contribution in [0.4, 0.5) is 0 Å². The molecule has 2 heterocycles. The smallest absolute Gasteiger partial charge is 0.332 e. The maximum absolute atomic E-state index is 12.9. The van der Waals surface area contributed by atoms with Gasteiger partial charge in [0.25, 0.3) is 5.56 Å². The molecule has 0 saturated heterocycles. The number of rotatable bonds is 7. The monoisotopic (exact) mass is 404 g/mol. The number of aliphatic carboxylic acids is 1. The third-order valence-corrected chi connectivity index (χ3v) is 6.86. The quantitative estimate of drug-likeness (QED) is 0.637. The van der Waals surface area contributed by atoms with Gasteiger partial charge in [0.15, 0.2) is 5.65 Å². The Bertz CT molecular complexity index is 1070. The first-order valence-corrected chi connectivity index (χ1v) is 10.4. The Balaban J connectivity index is 1.85. The Hall–Kier alpha value is -2.42. The predicted octanol–water partition coefficient (Wildman–Crippen LogP) is 1.28. The van der Waals surface area contributed by atoms with Crippen LogP contribution in [0.15, 0.2) is 9.59 Å². The van der Waals surface area contributed by atoms with Crippen LogP contribution in [0, 0.1) is 17.3 Å². The largest absolute Gasteiger partial charge is 0.481 e. The first kappa shape index (κ1) is 19.9. The molecule has 9 heteroatoms. The second-order valence-electron chi connectivity index (χ2n) is 8.59. The molecule has 2 aliphatic rings. The van der Waals surface area contributed by atoms with Crippen LogP contribution in [0.1, 0.15) is 57.7 Å². The SMILES string of the molecule is CCCn1c(=O)c2[nH]c(C3CC4CC3C(CO)(C(=O)O)C4)nc2n(CCC)c1=O. The van der Waals surface area contributed by atoms with E-state index in [1.54, 1.807) is 0 Å². The molecule has 158 valence electrons. The zero-order chi connectivity index (χ0) is 20.9. The number of H-pyrrole nitrogens is 1. The number of fused-ring (bicyclic) bond motifs is 3. The van der Waals surface area contributed by atoms with Crippen molar-refractivity contribution in [3.63, 3.8) is 0 Å². The number of nitrogens with zero attached hydrogens (tertiary/aromatic N) is 3. The molecule has 4 unspecified atom stereocenters. The summed E-state index contributed by atoms with van der Waals surface area (Å²) in [6.07, 6.45) is 3.38. The number of aryl methyl sites for hydroxylation is 1. The Morgan fingerprint density at radius 2 is 1.90 bits per heavy atom. The summed E-state index contributed by atoms with van der Waals surface area (Å²) in [5, 5.41) is 19.7. The molecule has 2 aromatic heterocycles. The van der Waals surface area contributed by atoms with Gasteiger partial charge in [0.2, 0.25) is 0 Å². The summed E-state index contributed by atoms with van der Waals surface area (Å²) in [6.45, 7) is 4.26. The fraction of sp³-hybridized carbons (Fsp3) is 0.700. The van der Waals surface area contributed by atoms with Gasteiger partial charge in [-0.05, 0) is 43.9 Å². The molecule has 29 heavy (non-hydrogen) atoms. The highest BCUT2D eigenvalue weighted by molar-refractivity contribution is 5.76. The van der Waals surface area contributed by atoms with Gasteiger partial charge in [-0.15, -0.1) is 0 Å². The molecule has 0 aliphatic heterocycles. The molecule has 0 aromatic carbocycles. The lowest BCUT2D eigenvalue weighted by atomic mass is 9.68. The van der Waals surface area contributed by atoms with E-state index in [4.69, 9.17) is 0 Å². The van der Waals surface area contributed by atoms with E-state index in [0.29, 0.717) is 42.9 Å². The van der Waals surface area contributed by atoms with Crippen LogP contribution in [-0.2, 0) is 17.9 Å². The molecule has 3 N–H and O–H groups in total. The van der Waals surface area contributed by atoms with Crippen LogP contribution >= 0.6 is 0 Å². The molecule has 0 amide bonds. The van der Waals surface area contributed by atoms with E-state index in [-0.39, 0.29) is 29.0 Å². The number of carbonyl (C=O) groups is 1. The van der Waals surface area contributed by atoms with Gasteiger partial charge >= 0.3 is 11.7 Å². The third kappa shape index (κ3) is 2.78. The average molecular weight is 404 g/mol. The summed E-state index contributed by atoms with van der Waals surface area (Å²) in [5.41, 5.74) is -1.25. The number of aromatic amines is 1. The second-order valence-corrected chi connectivity index (χ2v) is 8.59. The molecular weight excluding hydrogens is 376 g/mol. The van der Waals surface area contributed by atoms with E-state index < -0.39 is 18.0 Å². The molecule has 2 bridgehead atoms. The van der Waals surface area contributed by atoms with Gasteiger partial charge in [0.1, 0.15) is 11.3 Å². The second kappa shape index (κ2) is 7.12. The van der Waals surface area contributed by atoms with Crippen LogP contribution < -0.4 is 11.2 Å². The summed E-state index contributed by atoms with van der Waals surface area (Å²) >= 11 is 0. The Kier molecular flexibility index (Phi) is 4.88. The van der Waals surface area contributed by atoms with Crippen molar-refractivity contribution in [1.82, 2.24) is 19.1 Å². The molecular formula is C20H28N4O5. The van der Waals surface area contributed by atoms with Crippen molar-refractivity contribution in [1.29, 1.82) is 0 Å². The molecule has 9 nitrogen and oxygen atoms in total. The normalized spacial score (nSPS) is 28.4. The fourth-order valence-corrected chi connectivity index (χ4v) is 5.59. The van der Waals surface area contributed by atoms with E-state index in [0.717, 1.165) is 19.3 Å². The lowest BCUT2D eigenvalue weighted by molar-refractivity contribution is -0.156. The van der Waals surface area contributed by atoms with Crippen LogP contribution in [0.25, 0.3) is 11.2 Å². The van der Waals surface area contributed by atoms with E-state index in [1.165, 1.54) is 9.13 Å². The van der Waals surface area contributed by atoms with Gasteiger partial charge in [0.05, 0.1) is 12.0 Å². The number of aliphatic hydroxyl groups excluding tert-OH is 1. The van der Waals surface area contributed by atoms with E-state index in [2.05, 4.69) is 9.97 Å². The van der Waals surface area contributed by atoms with Gasteiger partial charge in [-0.2, -0.15) is 0 Å². The maximum atomic E-state index is 12.9. The summed E-state index contributed by atoms with van der Waals surface area (Å²) in [6, 6.07) is 0. The number of nitrogens with one attached hydrogen (secondary N) is 1. The number of aromatic nitrogens is 4. The molecule has 2 saturated carbocycles. The number of carboxylic acids is 1. The van der Waals surface area contributed by atoms with Crippen LogP contribution in [-0.4, -0.2) is 41.9 Å². The minimum absolute atomic E-state index is 0.173. The third-order valence-electron chi connectivity index (χ3n) is 6.86. The Labute approximate surface area is 167 Å². The highest BCUT2D eigenvalue weighted by Crippen LogP contribution is 2.61. The van der Waals surface area contributed by atoms with Crippen molar-refractivity contribution >= 4 is 17.1 Å². The van der Waals surface area contributed by atoms with Gasteiger partial charge in [0, 0.05) is 19.0 Å². The van der Waals surface area contributed by atoms with Gasteiger partial charge in [-0.3, -0.25) is 18.7 Å². The Morgan fingerprint density at radius 1 is 1.21 bits per heavy atom. The van der Waals surface area contributed by atoms with Gasteiger partial charge < -0.3 is 15.2 Å². The molecule has 2 aromatic rings. The number of imidazole rings is 1. The first-order valence-electron chi connectivity index (χ1n) is 10.4. The van der Waals surface area contributed by atoms with E-state index in [1.807, 2.05) is 13.8 Å². The van der Waals surface area contributed by atoms with Gasteiger partial charge in [-0.1, -0.05) is 13.8 Å². The number of hydrogen-bond donors (Lipinski definition) is 3. The number of aliphatic hydroxyl groups is 1. The topological polar surface area (TPSA) is 130 Å². The van der Waals surface area contributed by atoms with Gasteiger partial charge in [-0.25, -0.2) is 9.78 Å².